The highest BCUT2D eigenvalue weighted by Gasteiger charge is 2.51. The molecule has 0 aromatic carbocycles. The number of amides is 1. The number of ketones is 5. The highest BCUT2D eigenvalue weighted by atomic mass is 32.1. The van der Waals surface area contributed by atoms with Crippen LogP contribution in [0, 0.1) is 10.2 Å². The molecule has 20 atom stereocenters. The zero-order chi connectivity index (χ0) is 111. The van der Waals surface area contributed by atoms with Gasteiger partial charge < -0.3 is 101 Å². The number of alkyl halides is 3. The molecule has 18 N–H and O–H groups in total. The summed E-state index contributed by atoms with van der Waals surface area (Å²) in [6.45, 7) is 23.7. The number of aliphatic hydroxyl groups is 9. The lowest BCUT2D eigenvalue weighted by Crippen LogP contribution is -2.45. The molecule has 5 saturated heterocycles. The number of aliphatic hydroxyl groups excluding tert-OH is 9. The van der Waals surface area contributed by atoms with E-state index in [1.165, 1.54) is 68.7 Å². The molecule has 1 amide bonds. The van der Waals surface area contributed by atoms with Crippen LogP contribution in [0.2, 0.25) is 0 Å². The quantitative estimate of drug-likeness (QED) is 0.0174. The number of carbonyl (C=O) groups is 6. The van der Waals surface area contributed by atoms with Gasteiger partial charge in [0.25, 0.3) is 27.8 Å². The molecule has 0 radical (unpaired) electrons. The highest BCUT2D eigenvalue weighted by Crippen LogP contribution is 2.45. The number of nitrogens with zero attached hydrogens (tertiary/aromatic N) is 6. The monoisotopic (exact) mass is 2200 g/mol. The highest BCUT2D eigenvalue weighted by molar-refractivity contribution is 7.73. The number of Topliss-reactive ketones (excluding diaryl/α,β-unsaturated/α-hetero) is 5. The summed E-state index contributed by atoms with van der Waals surface area (Å²) in [4.78, 5) is 190. The van der Waals surface area contributed by atoms with E-state index in [4.69, 9.17) is 40.6 Å². The molecule has 0 spiro atoms. The number of rotatable bonds is 42. The maximum Gasteiger partial charge on any atom is 0.471 e. The lowest BCUT2D eigenvalue weighted by atomic mass is 9.90. The largest absolute Gasteiger partial charge is 0.471 e. The van der Waals surface area contributed by atoms with Gasteiger partial charge in [0, 0.05) is 92.9 Å². The van der Waals surface area contributed by atoms with Crippen LogP contribution in [0.3, 0.4) is 0 Å². The number of carbonyl (C=O) groups excluding carboxylic acids is 6. The molecule has 0 bridgehead atoms. The minimum atomic E-state index is -5.31. The maximum absolute atomic E-state index is 13.2. The van der Waals surface area contributed by atoms with Crippen LogP contribution in [0.5, 0.6) is 0 Å². The van der Waals surface area contributed by atoms with Gasteiger partial charge in [0.15, 0.2) is 41.7 Å². The van der Waals surface area contributed by atoms with Crippen LogP contribution in [0.1, 0.15) is 153 Å². The van der Waals surface area contributed by atoms with E-state index in [-0.39, 0.29) is 121 Å². The fraction of sp³-hybridized carbons (Fsp3) is 0.667. The second kappa shape index (κ2) is 55.6. The number of ether oxygens (including phenoxy) is 6. The van der Waals surface area contributed by atoms with Gasteiger partial charge in [0.05, 0.1) is 75.4 Å². The average molecular weight is 2210 g/mol. The first kappa shape index (κ1) is 130. The summed E-state index contributed by atoms with van der Waals surface area (Å²) < 4.78 is 79.8. The number of aromatic amines is 5. The van der Waals surface area contributed by atoms with Crippen LogP contribution in [-0.2, 0) is 89.9 Å². The molecule has 45 nitrogen and oxygen atoms in total. The summed E-state index contributed by atoms with van der Waals surface area (Å²) in [7, 11) is 1.44. The van der Waals surface area contributed by atoms with Crippen LogP contribution < -0.4 is 71.8 Å². The molecule has 54 heteroatoms. The lowest BCUT2D eigenvalue weighted by Gasteiger charge is -2.25. The van der Waals surface area contributed by atoms with E-state index in [1.54, 1.807) is 20.8 Å². The summed E-state index contributed by atoms with van der Waals surface area (Å²) in [5.74, 6) is -3.25. The van der Waals surface area contributed by atoms with Crippen LogP contribution in [-0.4, -0.2) is 400 Å². The molecule has 10 heterocycles. The Morgan fingerprint density at radius 1 is 0.395 bits per heavy atom. The number of halogens is 3. The van der Waals surface area contributed by atoms with E-state index in [0.29, 0.717) is 43.8 Å². The van der Waals surface area contributed by atoms with E-state index in [1.807, 2.05) is 18.3 Å². The topological polar surface area (TPSA) is 648 Å². The Balaban J connectivity index is 0.000000324. The number of hydrogen-bond donors (Lipinski definition) is 18. The Morgan fingerprint density at radius 3 is 0.878 bits per heavy atom. The summed E-state index contributed by atoms with van der Waals surface area (Å²) in [6, 6.07) is 0. The van der Waals surface area contributed by atoms with Crippen molar-refractivity contribution in [2.75, 3.05) is 137 Å². The molecule has 5 aromatic heterocycles. The Bertz CT molecular complexity index is 5950. The zero-order valence-corrected chi connectivity index (χ0v) is 91.2. The standard InChI is InChI=1S/C23H35F3N3O7P.C18H30N3O6P.2C17H28N3O6P.C17H28N3O5PS.CH4/c1-22(2,3)9-14(30)12-28(20(34)23(24,25)26)10-13-11-29(21(35)27-18(13)33)19-17(32)16(31)15(36-19)7-8-37(4,5)6;1-11(22)8-19-9-12-10-21(18(25)20-16(12)24)17-15(26-2)14(23)13(27-17)6-7-28(3,4)5;2*1-10(21)7-18-8-11-9-20(17(25)19-15(11)24)16-14(23)13(22)12(26-16)5-6-27(2,3)4;1-10(21)7-18-8-11-9-20(17(27)19-15(11)24)16-14(23)13(22)12(25-16)5-6-26(2,3)4;/h11,15-17,19,31-32H,4,7-10,12H2,1-3,5-6H3,(H,27,33,35);10,13-15,17,19,23H,3,6-9H2,1-2,4-5H3,(H,20,24,25);2*9,12-14,16,18,22-23H,2,5-8H2,1,3-4H3,(H,19,24,25);9,12-14,16,18,22-23H,2,5-8H2,1,3-4H3,(H,19,24,27);1H4/t15-,16-,17-,19-;13-,14-,15-,17-;3*12-,13-,14-,16-;/m11111./s1. The maximum atomic E-state index is 13.2. The van der Waals surface area contributed by atoms with Crippen molar-refractivity contribution in [3.63, 3.8) is 0 Å². The number of H-pyrrole nitrogens is 5. The molecular formula is C93H153F3N15O30P5S. The third-order valence-corrected chi connectivity index (χ3v) is 31.0. The average Bonchev–Trinajstić information content (AvgIpc) is 1.56. The van der Waals surface area contributed by atoms with Crippen molar-refractivity contribution in [2.24, 2.45) is 5.41 Å². The van der Waals surface area contributed by atoms with Crippen molar-refractivity contribution < 1.29 is 116 Å². The second-order valence-electron chi connectivity index (χ2n) is 41.9. The molecule has 0 saturated carbocycles. The van der Waals surface area contributed by atoms with Gasteiger partial charge in [0.1, 0.15) is 84.2 Å². The van der Waals surface area contributed by atoms with Gasteiger partial charge in [0.2, 0.25) is 0 Å². The van der Waals surface area contributed by atoms with Crippen molar-refractivity contribution in [1.29, 1.82) is 0 Å². The number of hydrogen-bond acceptors (Lipinski definition) is 35. The summed E-state index contributed by atoms with van der Waals surface area (Å²) in [5.41, 5.74) is -6.24. The van der Waals surface area contributed by atoms with Crippen molar-refractivity contribution in [3.05, 3.63) is 157 Å². The summed E-state index contributed by atoms with van der Waals surface area (Å²) >= 11 is 5.20. The molecule has 5 aromatic rings. The molecule has 832 valence electrons. The molecule has 0 aliphatic carbocycles. The first-order valence-electron chi connectivity index (χ1n) is 46.9. The predicted molar refractivity (Wildman–Crippen MR) is 569 cm³/mol. The first-order chi connectivity index (χ1) is 67.2. The minimum Gasteiger partial charge on any atom is -0.388 e. The fourth-order valence-corrected chi connectivity index (χ4v) is 20.8. The normalized spacial score (nSPS) is 24.7. The van der Waals surface area contributed by atoms with Crippen LogP contribution in [0.4, 0.5) is 13.2 Å². The Morgan fingerprint density at radius 2 is 0.626 bits per heavy atom. The summed E-state index contributed by atoms with van der Waals surface area (Å²) in [6.07, 6.45) is 7.69. The molecule has 5 fully saturated rings. The molecular weight excluding hydrogens is 2050 g/mol. The van der Waals surface area contributed by atoms with Crippen molar-refractivity contribution in [1.82, 2.24) is 73.9 Å². The minimum absolute atomic E-state index is 0. The Labute approximate surface area is 854 Å². The van der Waals surface area contributed by atoms with Crippen LogP contribution in [0.25, 0.3) is 0 Å². The van der Waals surface area contributed by atoms with Gasteiger partial charge in [-0.2, -0.15) is 13.2 Å². The van der Waals surface area contributed by atoms with E-state index >= 15 is 0 Å². The molecule has 147 heavy (non-hydrogen) atoms. The number of nitrogens with one attached hydrogen (secondary N) is 9. The summed E-state index contributed by atoms with van der Waals surface area (Å²) in [5, 5.41) is 105. The van der Waals surface area contributed by atoms with Gasteiger partial charge in [-0.15, -0.1) is 65.9 Å². The van der Waals surface area contributed by atoms with Gasteiger partial charge in [-0.25, -0.2) is 19.2 Å². The van der Waals surface area contributed by atoms with E-state index in [0.717, 1.165) is 44.5 Å². The van der Waals surface area contributed by atoms with Crippen molar-refractivity contribution >= 4 is 113 Å². The van der Waals surface area contributed by atoms with E-state index in [9.17, 15) is 131 Å². The van der Waals surface area contributed by atoms with Crippen molar-refractivity contribution in [2.45, 2.75) is 256 Å². The fourth-order valence-electron chi connectivity index (χ4n) is 15.7. The lowest BCUT2D eigenvalue weighted by molar-refractivity contribution is -0.186. The smallest absolute Gasteiger partial charge is 0.388 e. The van der Waals surface area contributed by atoms with Crippen molar-refractivity contribution in [3.8, 4) is 0 Å². The van der Waals surface area contributed by atoms with Gasteiger partial charge in [-0.3, -0.25) is 100 Å². The Kier molecular flexibility index (Phi) is 49.1. The Hall–Kier alpha value is -7.83. The number of aromatic nitrogens is 10. The SMILES string of the molecule is C.C=P(C)(C)CC[C@H]1O[C@@H](n2cc(CN(CC(=O)CC(C)(C)C)C(=O)C(F)(F)F)c(=O)[nH]c2=O)[C@H](O)[C@@H]1O.C=P(C)(C)CC[C@H]1O[C@@H](n2cc(CNCC(C)=O)c(=O)[nH]c2=O)[C@H](O)[C@@H]1O.C=P(C)(C)CC[C@H]1O[C@@H](n2cc(CNCC(C)=O)c(=O)[nH]c2=O)[C@H](O)[C@@H]1O.C=P(C)(C)CC[C@H]1O[C@@H](n2cc(CNCC(C)=O)c(=O)[nH]c2=O)[C@H](OC)[C@@H]1O.C=P(C)(C)CC[C@H]1O[C@@H](n2cc(CNCC(C)=O)c(=O)[nH]c2=S)[C@H](O)[C@@H]1O. The first-order valence-corrected chi connectivity index (χ1v) is 62.6. The molecule has 5 aliphatic heterocycles. The zero-order valence-electron chi connectivity index (χ0n) is 85.9. The third kappa shape index (κ3) is 40.6. The third-order valence-electron chi connectivity index (χ3n) is 23.4. The van der Waals surface area contributed by atoms with Gasteiger partial charge in [-0.1, -0.05) is 28.2 Å². The van der Waals surface area contributed by atoms with Crippen LogP contribution in [0.15, 0.2) is 74.1 Å². The predicted octanol–water partition coefficient (Wildman–Crippen LogP) is -0.454. The number of methoxy groups -OCH3 is 1. The van der Waals surface area contributed by atoms with E-state index in [2.05, 4.69) is 126 Å². The van der Waals surface area contributed by atoms with Crippen LogP contribution >= 0.6 is 46.6 Å². The van der Waals surface area contributed by atoms with Gasteiger partial charge in [-0.05, 0) is 175 Å². The molecule has 0 unspecified atom stereocenters. The molecule has 5 aliphatic rings. The van der Waals surface area contributed by atoms with E-state index < -0.39 is 244 Å². The second-order valence-corrected chi connectivity index (χ2v) is 63.9. The molecule has 10 rings (SSSR count). The van der Waals surface area contributed by atoms with Gasteiger partial charge >= 0.3 is 34.8 Å².